The van der Waals surface area contributed by atoms with Crippen LogP contribution in [0.1, 0.15) is 44.7 Å². The molecule has 0 aliphatic heterocycles. The number of aliphatic imine (C=N–C) groups is 1. The fourth-order valence-electron chi connectivity index (χ4n) is 3.14. The molecule has 0 aliphatic carbocycles. The van der Waals surface area contributed by atoms with Crippen LogP contribution in [0.3, 0.4) is 0 Å². The molecule has 1 aromatic rings. The first-order valence-corrected chi connectivity index (χ1v) is 11.0. The van der Waals surface area contributed by atoms with E-state index in [-0.39, 0.29) is 31.8 Å². The Labute approximate surface area is 197 Å². The van der Waals surface area contributed by atoms with E-state index in [0.717, 1.165) is 0 Å². The minimum atomic E-state index is -1.19. The number of amides is 3. The van der Waals surface area contributed by atoms with Crippen molar-refractivity contribution >= 4 is 29.7 Å². The van der Waals surface area contributed by atoms with Crippen LogP contribution in [0.5, 0.6) is 0 Å². The molecule has 0 saturated heterocycles. The highest BCUT2D eigenvalue weighted by atomic mass is 16.4. The minimum Gasteiger partial charge on any atom is -0.480 e. The van der Waals surface area contributed by atoms with Crippen LogP contribution >= 0.6 is 0 Å². The number of nitrogens with two attached hydrogens (primary N) is 3. The van der Waals surface area contributed by atoms with Gasteiger partial charge in [0.15, 0.2) is 5.96 Å². The lowest BCUT2D eigenvalue weighted by molar-refractivity contribution is -0.142. The molecule has 0 bridgehead atoms. The van der Waals surface area contributed by atoms with Gasteiger partial charge in [0.2, 0.25) is 17.7 Å². The second kappa shape index (κ2) is 15.2. The molecule has 0 saturated carbocycles. The summed E-state index contributed by atoms with van der Waals surface area (Å²) in [7, 11) is 0. The third kappa shape index (κ3) is 11.3. The molecule has 3 amide bonds. The summed E-state index contributed by atoms with van der Waals surface area (Å²) >= 11 is 0. The predicted molar refractivity (Wildman–Crippen MR) is 124 cm³/mol. The molecule has 1 aromatic heterocycles. The fraction of sp³-hybridized carbons (Fsp3) is 0.600. The van der Waals surface area contributed by atoms with Gasteiger partial charge in [-0.2, -0.15) is 0 Å². The van der Waals surface area contributed by atoms with E-state index in [1.807, 2.05) is 0 Å². The van der Waals surface area contributed by atoms with Gasteiger partial charge in [0, 0.05) is 31.8 Å². The van der Waals surface area contributed by atoms with E-state index < -0.39 is 41.8 Å². The van der Waals surface area contributed by atoms with Crippen molar-refractivity contribution < 1.29 is 24.3 Å². The van der Waals surface area contributed by atoms with E-state index in [0.29, 0.717) is 31.5 Å². The summed E-state index contributed by atoms with van der Waals surface area (Å²) in [5, 5.41) is 17.1. The van der Waals surface area contributed by atoms with Crippen LogP contribution in [0.4, 0.5) is 0 Å². The normalized spacial score (nSPS) is 13.2. The maximum absolute atomic E-state index is 13.0. The standard InChI is InChI=1S/C20H35N9O5/c1-12(30)27-14(6-4-8-25-20(22)23)17(31)29-16(9-13-10-24-11-26-13)18(32)28-15(19(33)34)5-2-3-7-21/h10-11,14-16H,2-9,21H2,1H3,(H,24,26)(H,27,30)(H,28,32)(H,29,31)(H,33,34)(H4,22,23,25)/t14-,15-,16-/m0/s1. The van der Waals surface area contributed by atoms with E-state index >= 15 is 0 Å². The second-order valence-corrected chi connectivity index (χ2v) is 7.73. The van der Waals surface area contributed by atoms with Crippen molar-refractivity contribution in [2.24, 2.45) is 22.2 Å². The Morgan fingerprint density at radius 1 is 1.03 bits per heavy atom. The highest BCUT2D eigenvalue weighted by Gasteiger charge is 2.29. The van der Waals surface area contributed by atoms with Gasteiger partial charge in [-0.3, -0.25) is 19.4 Å². The molecule has 14 heteroatoms. The fourth-order valence-corrected chi connectivity index (χ4v) is 3.14. The van der Waals surface area contributed by atoms with Gasteiger partial charge in [0.25, 0.3) is 0 Å². The Balaban J connectivity index is 2.94. The lowest BCUT2D eigenvalue weighted by Gasteiger charge is -2.24. The molecule has 0 fully saturated rings. The maximum atomic E-state index is 13.0. The van der Waals surface area contributed by atoms with Gasteiger partial charge >= 0.3 is 5.97 Å². The van der Waals surface area contributed by atoms with E-state index in [1.54, 1.807) is 0 Å². The summed E-state index contributed by atoms with van der Waals surface area (Å²) in [5.41, 5.74) is 16.6. The first-order valence-electron chi connectivity index (χ1n) is 11.0. The number of imidazole rings is 1. The number of guanidine groups is 1. The number of carboxylic acids is 1. The number of hydrogen-bond acceptors (Lipinski definition) is 7. The summed E-state index contributed by atoms with van der Waals surface area (Å²) < 4.78 is 0. The van der Waals surface area contributed by atoms with Crippen molar-refractivity contribution in [3.63, 3.8) is 0 Å². The molecule has 1 heterocycles. The van der Waals surface area contributed by atoms with Crippen LogP contribution in [0.15, 0.2) is 17.5 Å². The van der Waals surface area contributed by atoms with Crippen LogP contribution in [0, 0.1) is 0 Å². The Kier molecular flexibility index (Phi) is 12.7. The average molecular weight is 482 g/mol. The molecule has 0 aliphatic rings. The van der Waals surface area contributed by atoms with Crippen LogP contribution < -0.4 is 33.2 Å². The summed E-state index contributed by atoms with van der Waals surface area (Å²) in [6.45, 7) is 1.93. The summed E-state index contributed by atoms with van der Waals surface area (Å²) in [6.07, 6.45) is 4.90. The molecule has 190 valence electrons. The smallest absolute Gasteiger partial charge is 0.326 e. The first-order chi connectivity index (χ1) is 16.1. The zero-order chi connectivity index (χ0) is 25.5. The van der Waals surface area contributed by atoms with Gasteiger partial charge in [-0.15, -0.1) is 0 Å². The average Bonchev–Trinajstić information content (AvgIpc) is 3.27. The van der Waals surface area contributed by atoms with Crippen LogP contribution in [0.2, 0.25) is 0 Å². The zero-order valence-electron chi connectivity index (χ0n) is 19.3. The monoisotopic (exact) mass is 481 g/mol. The largest absolute Gasteiger partial charge is 0.480 e. The topological polar surface area (TPSA) is 244 Å². The van der Waals surface area contributed by atoms with Gasteiger partial charge < -0.3 is 43.2 Å². The lowest BCUT2D eigenvalue weighted by Crippen LogP contribution is -2.56. The summed E-state index contributed by atoms with van der Waals surface area (Å²) in [5.74, 6) is -2.98. The number of carboxylic acid groups (broad SMARTS) is 1. The zero-order valence-corrected chi connectivity index (χ0v) is 19.3. The van der Waals surface area contributed by atoms with Crippen LogP contribution in [0.25, 0.3) is 0 Å². The van der Waals surface area contributed by atoms with Crippen molar-refractivity contribution in [3.8, 4) is 0 Å². The number of carbonyl (C=O) groups excluding carboxylic acids is 3. The Morgan fingerprint density at radius 2 is 1.68 bits per heavy atom. The number of aromatic amines is 1. The molecule has 11 N–H and O–H groups in total. The van der Waals surface area contributed by atoms with E-state index in [1.165, 1.54) is 19.4 Å². The van der Waals surface area contributed by atoms with Crippen molar-refractivity contribution in [2.75, 3.05) is 13.1 Å². The molecule has 3 atom stereocenters. The van der Waals surface area contributed by atoms with Gasteiger partial charge in [-0.1, -0.05) is 0 Å². The SMILES string of the molecule is CC(=O)N[C@@H](CCCN=C(N)N)C(=O)N[C@@H](Cc1cnc[nH]1)C(=O)N[C@@H](CCCCN)C(=O)O. The number of H-pyrrole nitrogens is 1. The summed E-state index contributed by atoms with van der Waals surface area (Å²) in [6, 6.07) is -3.19. The Bertz CT molecular complexity index is 824. The van der Waals surface area contributed by atoms with E-state index in [9.17, 15) is 24.3 Å². The van der Waals surface area contributed by atoms with Gasteiger partial charge in [0.1, 0.15) is 18.1 Å². The van der Waals surface area contributed by atoms with Crippen molar-refractivity contribution in [1.29, 1.82) is 0 Å². The molecule has 0 spiro atoms. The molecule has 0 unspecified atom stereocenters. The minimum absolute atomic E-state index is 0.0352. The first kappa shape index (κ1) is 28.4. The Morgan fingerprint density at radius 3 is 2.24 bits per heavy atom. The maximum Gasteiger partial charge on any atom is 0.326 e. The quantitative estimate of drug-likeness (QED) is 0.0717. The number of aliphatic carboxylic acids is 1. The number of nitrogens with one attached hydrogen (secondary N) is 4. The molecular formula is C20H35N9O5. The van der Waals surface area contributed by atoms with Crippen molar-refractivity contribution in [1.82, 2.24) is 25.9 Å². The number of carbonyl (C=O) groups is 4. The number of nitrogens with zero attached hydrogens (tertiary/aromatic N) is 2. The molecule has 0 aromatic carbocycles. The predicted octanol–water partition coefficient (Wildman–Crippen LogP) is -2.31. The number of aromatic nitrogens is 2. The number of rotatable bonds is 16. The van der Waals surface area contributed by atoms with E-state index in [2.05, 4.69) is 30.9 Å². The molecule has 1 rings (SSSR count). The van der Waals surface area contributed by atoms with Crippen LogP contribution in [-0.2, 0) is 25.6 Å². The number of hydrogen-bond donors (Lipinski definition) is 8. The van der Waals surface area contributed by atoms with Crippen LogP contribution in [-0.4, -0.2) is 75.9 Å². The molecule has 0 radical (unpaired) electrons. The van der Waals surface area contributed by atoms with Crippen molar-refractivity contribution in [2.45, 2.75) is 63.6 Å². The third-order valence-electron chi connectivity index (χ3n) is 4.81. The highest BCUT2D eigenvalue weighted by molar-refractivity contribution is 5.93. The second-order valence-electron chi connectivity index (χ2n) is 7.73. The van der Waals surface area contributed by atoms with Crippen molar-refractivity contribution in [3.05, 3.63) is 18.2 Å². The van der Waals surface area contributed by atoms with Gasteiger partial charge in [-0.05, 0) is 38.6 Å². The van der Waals surface area contributed by atoms with Gasteiger partial charge in [-0.25, -0.2) is 9.78 Å². The molecule has 14 nitrogen and oxygen atoms in total. The summed E-state index contributed by atoms with van der Waals surface area (Å²) in [4.78, 5) is 59.7. The number of unbranched alkanes of at least 4 members (excludes halogenated alkanes) is 1. The highest BCUT2D eigenvalue weighted by Crippen LogP contribution is 2.06. The van der Waals surface area contributed by atoms with E-state index in [4.69, 9.17) is 17.2 Å². The lowest BCUT2D eigenvalue weighted by atomic mass is 10.1. The third-order valence-corrected chi connectivity index (χ3v) is 4.81. The molecule has 34 heavy (non-hydrogen) atoms. The molecular weight excluding hydrogens is 446 g/mol. The Hall–Kier alpha value is -3.68. The van der Waals surface area contributed by atoms with Gasteiger partial charge in [0.05, 0.1) is 6.33 Å².